The third-order valence-corrected chi connectivity index (χ3v) is 7.30. The number of amides is 2. The Morgan fingerprint density at radius 2 is 1.89 bits per heavy atom. The maximum Gasteiger partial charge on any atom is 0.270 e. The van der Waals surface area contributed by atoms with Gasteiger partial charge in [-0.05, 0) is 68.0 Å². The van der Waals surface area contributed by atoms with Crippen LogP contribution in [0.1, 0.15) is 36.4 Å². The van der Waals surface area contributed by atoms with Crippen LogP contribution < -0.4 is 15.4 Å². The van der Waals surface area contributed by atoms with Crippen molar-refractivity contribution in [2.75, 3.05) is 31.1 Å². The van der Waals surface area contributed by atoms with E-state index in [4.69, 9.17) is 27.1 Å². The molecule has 37 heavy (non-hydrogen) atoms. The average Bonchev–Trinajstić information content (AvgIpc) is 3.48. The molecule has 1 fully saturated rings. The topological polar surface area (TPSA) is 89.0 Å². The number of furan rings is 1. The molecule has 7 nitrogen and oxygen atoms in total. The summed E-state index contributed by atoms with van der Waals surface area (Å²) in [7, 11) is 0. The van der Waals surface area contributed by atoms with Crippen LogP contribution in [0.4, 0.5) is 5.69 Å². The van der Waals surface area contributed by atoms with Crippen molar-refractivity contribution in [3.63, 3.8) is 0 Å². The van der Waals surface area contributed by atoms with E-state index >= 15 is 0 Å². The lowest BCUT2D eigenvalue weighted by molar-refractivity contribution is -0.113. The van der Waals surface area contributed by atoms with E-state index in [0.29, 0.717) is 38.6 Å². The molecular weight excluding hydrogens is 506 g/mol. The van der Waals surface area contributed by atoms with Gasteiger partial charge in [-0.1, -0.05) is 50.0 Å². The fourth-order valence-electron chi connectivity index (χ4n) is 3.94. The third kappa shape index (κ3) is 6.49. The first-order chi connectivity index (χ1) is 17.9. The number of hydrogen-bond donors (Lipinski definition) is 1. The SMILES string of the molecule is CCN(CC)CCCOc1ccc(N2C(=O)/C(=C/c3ccc(-c4cccc(C(N)=O)c4)o3)SC2=S)cc1. The number of carbonyl (C=O) groups is 2. The van der Waals surface area contributed by atoms with Gasteiger partial charge in [-0.2, -0.15) is 0 Å². The van der Waals surface area contributed by atoms with Crippen LogP contribution in [0.25, 0.3) is 17.4 Å². The highest BCUT2D eigenvalue weighted by atomic mass is 32.2. The molecule has 9 heteroatoms. The minimum atomic E-state index is -0.507. The lowest BCUT2D eigenvalue weighted by Gasteiger charge is -2.18. The van der Waals surface area contributed by atoms with Crippen molar-refractivity contribution in [3.05, 3.63) is 76.9 Å². The van der Waals surface area contributed by atoms with E-state index in [1.165, 1.54) is 16.7 Å². The fourth-order valence-corrected chi connectivity index (χ4v) is 5.22. The van der Waals surface area contributed by atoms with Crippen LogP contribution in [0.2, 0.25) is 0 Å². The van der Waals surface area contributed by atoms with Crippen molar-refractivity contribution in [2.45, 2.75) is 20.3 Å². The maximum atomic E-state index is 13.2. The number of ether oxygens (including phenoxy) is 1. The lowest BCUT2D eigenvalue weighted by Crippen LogP contribution is -2.27. The maximum absolute atomic E-state index is 13.2. The highest BCUT2D eigenvalue weighted by molar-refractivity contribution is 8.27. The molecule has 1 aliphatic heterocycles. The van der Waals surface area contributed by atoms with Crippen molar-refractivity contribution < 1.29 is 18.7 Å². The summed E-state index contributed by atoms with van der Waals surface area (Å²) >= 11 is 6.72. The van der Waals surface area contributed by atoms with Gasteiger partial charge in [-0.15, -0.1) is 0 Å². The summed E-state index contributed by atoms with van der Waals surface area (Å²) in [4.78, 5) is 29.0. The zero-order chi connectivity index (χ0) is 26.4. The summed E-state index contributed by atoms with van der Waals surface area (Å²) in [6, 6.07) is 17.8. The van der Waals surface area contributed by atoms with Gasteiger partial charge in [-0.3, -0.25) is 14.5 Å². The molecular formula is C28H29N3O4S2. The highest BCUT2D eigenvalue weighted by Crippen LogP contribution is 2.37. The first-order valence-electron chi connectivity index (χ1n) is 12.1. The van der Waals surface area contributed by atoms with Gasteiger partial charge in [0.2, 0.25) is 5.91 Å². The zero-order valence-corrected chi connectivity index (χ0v) is 22.4. The number of benzene rings is 2. The minimum absolute atomic E-state index is 0.212. The van der Waals surface area contributed by atoms with E-state index in [1.807, 2.05) is 30.3 Å². The first kappa shape index (κ1) is 26.7. The Bertz CT molecular complexity index is 1310. The lowest BCUT2D eigenvalue weighted by atomic mass is 10.1. The molecule has 0 atom stereocenters. The average molecular weight is 536 g/mol. The molecule has 1 aliphatic rings. The van der Waals surface area contributed by atoms with Gasteiger partial charge in [0.1, 0.15) is 17.3 Å². The standard InChI is InChI=1S/C28H29N3O4S2/c1-3-30(4-2)15-6-16-34-22-11-9-21(10-12-22)31-27(33)25(37-28(31)36)18-23-13-14-24(35-23)19-7-5-8-20(17-19)26(29)32/h5,7-14,17-18H,3-4,6,15-16H2,1-2H3,(H2,29,32)/b25-18-. The summed E-state index contributed by atoms with van der Waals surface area (Å²) in [6.07, 6.45) is 2.63. The molecule has 4 rings (SSSR count). The Morgan fingerprint density at radius 1 is 1.14 bits per heavy atom. The Kier molecular flexibility index (Phi) is 8.81. The number of anilines is 1. The van der Waals surface area contributed by atoms with Crippen LogP contribution >= 0.6 is 24.0 Å². The molecule has 1 saturated heterocycles. The molecule has 0 unspecified atom stereocenters. The molecule has 2 amide bonds. The van der Waals surface area contributed by atoms with Crippen molar-refractivity contribution in [2.24, 2.45) is 5.73 Å². The number of carbonyl (C=O) groups excluding carboxylic acids is 2. The predicted octanol–water partition coefficient (Wildman–Crippen LogP) is 5.56. The van der Waals surface area contributed by atoms with Crippen LogP contribution in [0.3, 0.4) is 0 Å². The van der Waals surface area contributed by atoms with Gasteiger partial charge in [0.25, 0.3) is 5.91 Å². The van der Waals surface area contributed by atoms with Crippen molar-refractivity contribution in [1.82, 2.24) is 4.90 Å². The smallest absolute Gasteiger partial charge is 0.270 e. The minimum Gasteiger partial charge on any atom is -0.494 e. The van der Waals surface area contributed by atoms with Crippen molar-refractivity contribution in [3.8, 4) is 17.1 Å². The predicted molar refractivity (Wildman–Crippen MR) is 153 cm³/mol. The second-order valence-corrected chi connectivity index (χ2v) is 10.1. The summed E-state index contributed by atoms with van der Waals surface area (Å²) in [5, 5.41) is 0. The van der Waals surface area contributed by atoms with Gasteiger partial charge >= 0.3 is 0 Å². The number of thioether (sulfide) groups is 1. The molecule has 2 heterocycles. The second kappa shape index (κ2) is 12.2. The molecule has 0 spiro atoms. The van der Waals surface area contributed by atoms with E-state index in [-0.39, 0.29) is 5.91 Å². The molecule has 0 bridgehead atoms. The number of rotatable bonds is 11. The number of nitrogens with zero attached hydrogens (tertiary/aromatic N) is 2. The zero-order valence-electron chi connectivity index (χ0n) is 20.8. The Morgan fingerprint density at radius 3 is 2.59 bits per heavy atom. The second-order valence-electron chi connectivity index (χ2n) is 8.39. The van der Waals surface area contributed by atoms with Crippen LogP contribution in [0.5, 0.6) is 5.75 Å². The van der Waals surface area contributed by atoms with Crippen LogP contribution in [0, 0.1) is 0 Å². The van der Waals surface area contributed by atoms with E-state index in [9.17, 15) is 9.59 Å². The number of primary amides is 1. The van der Waals surface area contributed by atoms with Crippen LogP contribution in [-0.2, 0) is 4.79 Å². The van der Waals surface area contributed by atoms with Gasteiger partial charge in [-0.25, -0.2) is 0 Å². The highest BCUT2D eigenvalue weighted by Gasteiger charge is 2.33. The van der Waals surface area contributed by atoms with Gasteiger partial charge in [0.05, 0.1) is 17.2 Å². The molecule has 3 aromatic rings. The van der Waals surface area contributed by atoms with E-state index in [2.05, 4.69) is 18.7 Å². The number of thiocarbonyl (C=S) groups is 1. The third-order valence-electron chi connectivity index (χ3n) is 6.00. The molecule has 0 radical (unpaired) electrons. The number of nitrogens with two attached hydrogens (primary N) is 1. The summed E-state index contributed by atoms with van der Waals surface area (Å²) < 4.78 is 12.2. The van der Waals surface area contributed by atoms with E-state index < -0.39 is 5.91 Å². The molecule has 0 aliphatic carbocycles. The van der Waals surface area contributed by atoms with E-state index in [0.717, 1.165) is 37.4 Å². The van der Waals surface area contributed by atoms with Crippen molar-refractivity contribution in [1.29, 1.82) is 0 Å². The van der Waals surface area contributed by atoms with Gasteiger partial charge < -0.3 is 19.8 Å². The largest absolute Gasteiger partial charge is 0.494 e. The first-order valence-corrected chi connectivity index (χ1v) is 13.3. The Hall–Kier alpha value is -3.40. The molecule has 2 aromatic carbocycles. The fraction of sp³-hybridized carbons (Fsp3) is 0.250. The molecule has 192 valence electrons. The monoisotopic (exact) mass is 535 g/mol. The molecule has 0 saturated carbocycles. The van der Waals surface area contributed by atoms with E-state index in [1.54, 1.807) is 36.4 Å². The Labute approximate surface area is 226 Å². The summed E-state index contributed by atoms with van der Waals surface area (Å²) in [5.41, 5.74) is 7.18. The molecule has 1 aromatic heterocycles. The van der Waals surface area contributed by atoms with Crippen molar-refractivity contribution >= 4 is 51.9 Å². The quantitative estimate of drug-likeness (QED) is 0.195. The number of hydrogen-bond acceptors (Lipinski definition) is 7. The molecule has 2 N–H and O–H groups in total. The van der Waals surface area contributed by atoms with Gasteiger partial charge in [0.15, 0.2) is 4.32 Å². The van der Waals surface area contributed by atoms with Crippen LogP contribution in [0.15, 0.2) is 70.0 Å². The van der Waals surface area contributed by atoms with Crippen LogP contribution in [-0.4, -0.2) is 47.3 Å². The normalized spacial score (nSPS) is 14.7. The summed E-state index contributed by atoms with van der Waals surface area (Å²) in [6.45, 7) is 8.03. The summed E-state index contributed by atoms with van der Waals surface area (Å²) in [5.74, 6) is 1.11. The van der Waals surface area contributed by atoms with Gasteiger partial charge in [0, 0.05) is 23.7 Å². The Balaban J connectivity index is 1.40.